The standard InChI is InChI=1S/C34H22N4/c1-3-11-23(12-4-1)31-33(37-29-17-9-7-15-27(29)35-31)25-19-21-26(22-20-25)34-32(24-13-5-2-6-14-24)36-28-16-8-10-18-30(28)38-34/h1-22H. The van der Waals surface area contributed by atoms with Crippen molar-refractivity contribution in [2.24, 2.45) is 0 Å². The molecule has 7 rings (SSSR count). The van der Waals surface area contributed by atoms with Crippen LogP contribution in [0.5, 0.6) is 0 Å². The molecular formula is C34H22N4. The Morgan fingerprint density at radius 3 is 0.763 bits per heavy atom. The Hall–Kier alpha value is -5.22. The molecule has 38 heavy (non-hydrogen) atoms. The number of hydrogen-bond acceptors (Lipinski definition) is 4. The van der Waals surface area contributed by atoms with E-state index in [0.717, 1.165) is 67.1 Å². The summed E-state index contributed by atoms with van der Waals surface area (Å²) >= 11 is 0. The molecule has 0 atom stereocenters. The van der Waals surface area contributed by atoms with Gasteiger partial charge < -0.3 is 0 Å². The summed E-state index contributed by atoms with van der Waals surface area (Å²) < 4.78 is 0. The SMILES string of the molecule is c1ccc(-c2nc3ccccc3nc2-c2ccc(-c3nc4ccccc4nc3-c3ccccc3)cc2)cc1. The van der Waals surface area contributed by atoms with E-state index in [1.165, 1.54) is 0 Å². The van der Waals surface area contributed by atoms with Gasteiger partial charge in [0.1, 0.15) is 0 Å². The van der Waals surface area contributed by atoms with Crippen molar-refractivity contribution in [2.75, 3.05) is 0 Å². The Bertz CT molecular complexity index is 1760. The van der Waals surface area contributed by atoms with Crippen LogP contribution in [0.15, 0.2) is 133 Å². The zero-order valence-electron chi connectivity index (χ0n) is 20.5. The van der Waals surface area contributed by atoms with E-state index in [9.17, 15) is 0 Å². The van der Waals surface area contributed by atoms with E-state index in [0.29, 0.717) is 0 Å². The van der Waals surface area contributed by atoms with Gasteiger partial charge in [-0.25, -0.2) is 19.9 Å². The first kappa shape index (κ1) is 22.0. The average Bonchev–Trinajstić information content (AvgIpc) is 3.01. The van der Waals surface area contributed by atoms with Crippen LogP contribution in [0.25, 0.3) is 67.1 Å². The van der Waals surface area contributed by atoms with Crippen LogP contribution in [0.2, 0.25) is 0 Å². The molecule has 5 aromatic carbocycles. The van der Waals surface area contributed by atoms with E-state index in [1.54, 1.807) is 0 Å². The number of aromatic nitrogens is 4. The van der Waals surface area contributed by atoms with Gasteiger partial charge in [0, 0.05) is 22.3 Å². The minimum atomic E-state index is 0.856. The first-order valence-corrected chi connectivity index (χ1v) is 12.6. The van der Waals surface area contributed by atoms with Gasteiger partial charge in [-0.05, 0) is 24.3 Å². The minimum absolute atomic E-state index is 0.856. The monoisotopic (exact) mass is 486 g/mol. The van der Waals surface area contributed by atoms with Crippen molar-refractivity contribution < 1.29 is 0 Å². The van der Waals surface area contributed by atoms with E-state index in [-0.39, 0.29) is 0 Å². The maximum Gasteiger partial charge on any atom is 0.0973 e. The van der Waals surface area contributed by atoms with Crippen LogP contribution in [-0.2, 0) is 0 Å². The predicted molar refractivity (Wildman–Crippen MR) is 154 cm³/mol. The molecule has 0 unspecified atom stereocenters. The molecular weight excluding hydrogens is 464 g/mol. The number of rotatable bonds is 4. The summed E-state index contributed by atoms with van der Waals surface area (Å²) in [6, 6.07) is 44.9. The van der Waals surface area contributed by atoms with E-state index in [4.69, 9.17) is 19.9 Å². The molecule has 4 nitrogen and oxygen atoms in total. The molecule has 0 amide bonds. The van der Waals surface area contributed by atoms with Crippen molar-refractivity contribution in [2.45, 2.75) is 0 Å². The summed E-state index contributed by atoms with van der Waals surface area (Å²) in [4.78, 5) is 20.1. The zero-order valence-corrected chi connectivity index (χ0v) is 20.5. The lowest BCUT2D eigenvalue weighted by Crippen LogP contribution is -1.97. The van der Waals surface area contributed by atoms with Gasteiger partial charge in [-0.3, -0.25) is 0 Å². The fraction of sp³-hybridized carbons (Fsp3) is 0. The van der Waals surface area contributed by atoms with Gasteiger partial charge >= 0.3 is 0 Å². The van der Waals surface area contributed by atoms with Crippen molar-refractivity contribution in [1.29, 1.82) is 0 Å². The van der Waals surface area contributed by atoms with Crippen LogP contribution < -0.4 is 0 Å². The molecule has 0 saturated heterocycles. The summed E-state index contributed by atoms with van der Waals surface area (Å²) in [7, 11) is 0. The summed E-state index contributed by atoms with van der Waals surface area (Å²) in [6.07, 6.45) is 0. The Morgan fingerprint density at radius 1 is 0.237 bits per heavy atom. The summed E-state index contributed by atoms with van der Waals surface area (Å²) in [6.45, 7) is 0. The molecule has 0 spiro atoms. The van der Waals surface area contributed by atoms with Crippen LogP contribution in [0.3, 0.4) is 0 Å². The van der Waals surface area contributed by atoms with Gasteiger partial charge in [-0.1, -0.05) is 109 Å². The highest BCUT2D eigenvalue weighted by molar-refractivity contribution is 5.89. The Labute approximate surface area is 220 Å². The van der Waals surface area contributed by atoms with Gasteiger partial charge in [-0.15, -0.1) is 0 Å². The molecule has 4 heteroatoms. The highest BCUT2D eigenvalue weighted by Crippen LogP contribution is 2.34. The molecule has 0 fully saturated rings. The lowest BCUT2D eigenvalue weighted by molar-refractivity contribution is 1.28. The summed E-state index contributed by atoms with van der Waals surface area (Å²) in [5.74, 6) is 0. The second-order valence-electron chi connectivity index (χ2n) is 9.13. The molecule has 0 N–H and O–H groups in total. The van der Waals surface area contributed by atoms with E-state index in [2.05, 4.69) is 48.5 Å². The molecule has 0 aliphatic heterocycles. The first-order valence-electron chi connectivity index (χ1n) is 12.6. The van der Waals surface area contributed by atoms with Crippen LogP contribution in [0, 0.1) is 0 Å². The third kappa shape index (κ3) is 3.98. The Kier molecular flexibility index (Phi) is 5.41. The van der Waals surface area contributed by atoms with E-state index >= 15 is 0 Å². The van der Waals surface area contributed by atoms with Crippen molar-refractivity contribution in [1.82, 2.24) is 19.9 Å². The quantitative estimate of drug-likeness (QED) is 0.251. The summed E-state index contributed by atoms with van der Waals surface area (Å²) in [5.41, 5.74) is 11.0. The number of hydrogen-bond donors (Lipinski definition) is 0. The lowest BCUT2D eigenvalue weighted by atomic mass is 9.99. The smallest absolute Gasteiger partial charge is 0.0973 e. The topological polar surface area (TPSA) is 51.6 Å². The Balaban J connectivity index is 1.39. The molecule has 7 aromatic rings. The second kappa shape index (κ2) is 9.34. The predicted octanol–water partition coefficient (Wildman–Crippen LogP) is 8.24. The van der Waals surface area contributed by atoms with Crippen molar-refractivity contribution >= 4 is 22.1 Å². The van der Waals surface area contributed by atoms with Gasteiger partial charge in [-0.2, -0.15) is 0 Å². The maximum absolute atomic E-state index is 5.04. The summed E-state index contributed by atoms with van der Waals surface area (Å²) in [5, 5.41) is 0. The van der Waals surface area contributed by atoms with Gasteiger partial charge in [0.25, 0.3) is 0 Å². The third-order valence-electron chi connectivity index (χ3n) is 6.67. The number of fused-ring (bicyclic) bond motifs is 2. The average molecular weight is 487 g/mol. The van der Waals surface area contributed by atoms with Gasteiger partial charge in [0.2, 0.25) is 0 Å². The zero-order chi connectivity index (χ0) is 25.3. The van der Waals surface area contributed by atoms with E-state index < -0.39 is 0 Å². The number of nitrogens with zero attached hydrogens (tertiary/aromatic N) is 4. The molecule has 0 aliphatic carbocycles. The molecule has 178 valence electrons. The van der Waals surface area contributed by atoms with Gasteiger partial charge in [0.15, 0.2) is 0 Å². The highest BCUT2D eigenvalue weighted by atomic mass is 14.8. The van der Waals surface area contributed by atoms with Crippen LogP contribution in [0.4, 0.5) is 0 Å². The Morgan fingerprint density at radius 2 is 0.474 bits per heavy atom. The lowest BCUT2D eigenvalue weighted by Gasteiger charge is -2.13. The fourth-order valence-electron chi connectivity index (χ4n) is 4.78. The maximum atomic E-state index is 5.04. The highest BCUT2D eigenvalue weighted by Gasteiger charge is 2.16. The van der Waals surface area contributed by atoms with Crippen molar-refractivity contribution in [3.63, 3.8) is 0 Å². The second-order valence-corrected chi connectivity index (χ2v) is 9.13. The minimum Gasteiger partial charge on any atom is -0.244 e. The normalized spacial score (nSPS) is 11.2. The number of benzene rings is 5. The fourth-order valence-corrected chi connectivity index (χ4v) is 4.78. The molecule has 0 radical (unpaired) electrons. The van der Waals surface area contributed by atoms with Crippen LogP contribution >= 0.6 is 0 Å². The molecule has 2 aromatic heterocycles. The molecule has 0 saturated carbocycles. The first-order chi connectivity index (χ1) is 18.8. The third-order valence-corrected chi connectivity index (χ3v) is 6.67. The van der Waals surface area contributed by atoms with Crippen molar-refractivity contribution in [3.8, 4) is 45.0 Å². The van der Waals surface area contributed by atoms with Crippen LogP contribution in [0.1, 0.15) is 0 Å². The van der Waals surface area contributed by atoms with Crippen molar-refractivity contribution in [3.05, 3.63) is 133 Å². The van der Waals surface area contributed by atoms with E-state index in [1.807, 2.05) is 84.9 Å². The number of para-hydroxylation sites is 4. The van der Waals surface area contributed by atoms with Gasteiger partial charge in [0.05, 0.1) is 44.8 Å². The van der Waals surface area contributed by atoms with Crippen LogP contribution in [-0.4, -0.2) is 19.9 Å². The molecule has 0 aliphatic rings. The molecule has 0 bridgehead atoms. The molecule has 2 heterocycles. The largest absolute Gasteiger partial charge is 0.244 e.